The highest BCUT2D eigenvalue weighted by Crippen LogP contribution is 2.25. The van der Waals surface area contributed by atoms with E-state index in [0.29, 0.717) is 6.41 Å². The number of amides is 1. The van der Waals surface area contributed by atoms with Gasteiger partial charge in [-0.2, -0.15) is 0 Å². The third kappa shape index (κ3) is 1.78. The summed E-state index contributed by atoms with van der Waals surface area (Å²) in [5.41, 5.74) is -0.00731. The Morgan fingerprint density at radius 1 is 1.33 bits per heavy atom. The van der Waals surface area contributed by atoms with Crippen LogP contribution in [0.3, 0.4) is 0 Å². The molecule has 12 heavy (non-hydrogen) atoms. The number of benzene rings is 1. The second-order valence-electron chi connectivity index (χ2n) is 2.15. The number of para-hydroxylation sites is 1. The fourth-order valence-corrected chi connectivity index (χ4v) is 0.882. The van der Waals surface area contributed by atoms with Crippen molar-refractivity contribution in [3.05, 3.63) is 29.8 Å². The Morgan fingerprint density at radius 3 is 2.58 bits per heavy atom. The maximum atomic E-state index is 12.2. The quantitative estimate of drug-likeness (QED) is 0.694. The van der Waals surface area contributed by atoms with Crippen LogP contribution in [0.1, 0.15) is 12.0 Å². The molecule has 0 heterocycles. The summed E-state index contributed by atoms with van der Waals surface area (Å²) < 4.78 is 24.4. The molecule has 0 fully saturated rings. The highest BCUT2D eigenvalue weighted by atomic mass is 19.3. The molecule has 0 aliphatic heterocycles. The van der Waals surface area contributed by atoms with Crippen LogP contribution in [-0.2, 0) is 4.79 Å². The minimum atomic E-state index is -2.56. The molecule has 0 aliphatic carbocycles. The van der Waals surface area contributed by atoms with Crippen molar-refractivity contribution in [2.45, 2.75) is 6.43 Å². The van der Waals surface area contributed by atoms with Crippen LogP contribution in [0.5, 0.6) is 0 Å². The van der Waals surface area contributed by atoms with Gasteiger partial charge >= 0.3 is 0 Å². The maximum Gasteiger partial charge on any atom is 0.265 e. The first-order valence-corrected chi connectivity index (χ1v) is 3.33. The summed E-state index contributed by atoms with van der Waals surface area (Å²) in [5, 5.41) is 2.20. The summed E-state index contributed by atoms with van der Waals surface area (Å²) in [5.74, 6) is 0. The smallest absolute Gasteiger partial charge is 0.265 e. The molecule has 0 unspecified atom stereocenters. The zero-order chi connectivity index (χ0) is 8.97. The van der Waals surface area contributed by atoms with Gasteiger partial charge in [-0.25, -0.2) is 8.78 Å². The normalized spacial score (nSPS) is 9.92. The second kappa shape index (κ2) is 3.80. The number of hydrogen-bond donors (Lipinski definition) is 1. The number of nitrogens with one attached hydrogen (secondary N) is 1. The summed E-state index contributed by atoms with van der Waals surface area (Å²) in [4.78, 5) is 9.99. The molecule has 1 rings (SSSR count). The first-order valence-electron chi connectivity index (χ1n) is 3.33. The average Bonchev–Trinajstić information content (AvgIpc) is 2.05. The molecule has 0 aromatic heterocycles. The van der Waals surface area contributed by atoms with Gasteiger partial charge in [0.05, 0.1) is 0 Å². The van der Waals surface area contributed by atoms with Crippen molar-refractivity contribution in [3.63, 3.8) is 0 Å². The van der Waals surface area contributed by atoms with Crippen LogP contribution in [0.2, 0.25) is 0 Å². The molecule has 2 nitrogen and oxygen atoms in total. The lowest BCUT2D eigenvalue weighted by Crippen LogP contribution is -1.98. The van der Waals surface area contributed by atoms with Gasteiger partial charge in [0.2, 0.25) is 6.41 Å². The molecule has 1 N–H and O–H groups in total. The van der Waals surface area contributed by atoms with Gasteiger partial charge in [-0.1, -0.05) is 18.2 Å². The monoisotopic (exact) mass is 171 g/mol. The van der Waals surface area contributed by atoms with E-state index in [2.05, 4.69) is 5.32 Å². The van der Waals surface area contributed by atoms with Gasteiger partial charge in [-0.3, -0.25) is 4.79 Å². The van der Waals surface area contributed by atoms with Gasteiger partial charge in [0, 0.05) is 11.3 Å². The summed E-state index contributed by atoms with van der Waals surface area (Å²) in [6, 6.07) is 5.78. The van der Waals surface area contributed by atoms with Crippen LogP contribution < -0.4 is 5.32 Å². The van der Waals surface area contributed by atoms with Crippen LogP contribution in [0, 0.1) is 0 Å². The van der Waals surface area contributed by atoms with Crippen molar-refractivity contribution < 1.29 is 13.6 Å². The zero-order valence-electron chi connectivity index (χ0n) is 6.13. The number of carbonyl (C=O) groups is 1. The second-order valence-corrected chi connectivity index (χ2v) is 2.15. The lowest BCUT2D eigenvalue weighted by atomic mass is 10.2. The SMILES string of the molecule is O=CNc1ccccc1C(F)F. The van der Waals surface area contributed by atoms with E-state index in [1.165, 1.54) is 18.2 Å². The molecule has 64 valence electrons. The predicted molar refractivity (Wildman–Crippen MR) is 41.1 cm³/mol. The first kappa shape index (κ1) is 8.64. The van der Waals surface area contributed by atoms with Gasteiger partial charge in [0.15, 0.2) is 0 Å². The van der Waals surface area contributed by atoms with Crippen molar-refractivity contribution in [2.75, 3.05) is 5.32 Å². The van der Waals surface area contributed by atoms with E-state index in [4.69, 9.17) is 0 Å². The number of rotatable bonds is 3. The van der Waals surface area contributed by atoms with Gasteiger partial charge in [0.25, 0.3) is 6.43 Å². The minimum Gasteiger partial charge on any atom is -0.328 e. The lowest BCUT2D eigenvalue weighted by molar-refractivity contribution is -0.105. The highest BCUT2D eigenvalue weighted by molar-refractivity contribution is 5.73. The topological polar surface area (TPSA) is 29.1 Å². The molecular formula is C8H7F2NO. The molecule has 0 aliphatic rings. The zero-order valence-corrected chi connectivity index (χ0v) is 6.13. The summed E-state index contributed by atoms with van der Waals surface area (Å²) in [6.45, 7) is 0. The largest absolute Gasteiger partial charge is 0.328 e. The molecule has 1 aromatic rings. The van der Waals surface area contributed by atoms with Crippen LogP contribution in [0.15, 0.2) is 24.3 Å². The predicted octanol–water partition coefficient (Wildman–Crippen LogP) is 2.19. The molecule has 4 heteroatoms. The van der Waals surface area contributed by atoms with E-state index in [1.807, 2.05) is 0 Å². The fourth-order valence-electron chi connectivity index (χ4n) is 0.882. The van der Waals surface area contributed by atoms with Crippen LogP contribution >= 0.6 is 0 Å². The molecule has 1 amide bonds. The third-order valence-electron chi connectivity index (χ3n) is 1.41. The van der Waals surface area contributed by atoms with Crippen LogP contribution in [0.4, 0.5) is 14.5 Å². The third-order valence-corrected chi connectivity index (χ3v) is 1.41. The Bertz CT molecular complexity index is 276. The Morgan fingerprint density at radius 2 is 2.00 bits per heavy atom. The first-order chi connectivity index (χ1) is 5.75. The average molecular weight is 171 g/mol. The molecule has 0 atom stereocenters. The van der Waals surface area contributed by atoms with E-state index in [-0.39, 0.29) is 11.3 Å². The Labute approximate surface area is 68.2 Å². The van der Waals surface area contributed by atoms with Crippen molar-refractivity contribution in [3.8, 4) is 0 Å². The Balaban J connectivity index is 2.99. The number of alkyl halides is 2. The van der Waals surface area contributed by atoms with Crippen molar-refractivity contribution in [1.82, 2.24) is 0 Å². The molecule has 0 spiro atoms. The van der Waals surface area contributed by atoms with Crippen molar-refractivity contribution in [2.24, 2.45) is 0 Å². The molecule has 0 radical (unpaired) electrons. The van der Waals surface area contributed by atoms with Crippen LogP contribution in [0.25, 0.3) is 0 Å². The van der Waals surface area contributed by atoms with E-state index in [1.54, 1.807) is 6.07 Å². The number of carbonyl (C=O) groups excluding carboxylic acids is 1. The molecule has 0 saturated heterocycles. The molecule has 0 bridgehead atoms. The molecule has 0 saturated carbocycles. The fraction of sp³-hybridized carbons (Fsp3) is 0.125. The minimum absolute atomic E-state index is 0.155. The van der Waals surface area contributed by atoms with Gasteiger partial charge in [-0.05, 0) is 6.07 Å². The number of anilines is 1. The molecule has 1 aromatic carbocycles. The highest BCUT2D eigenvalue weighted by Gasteiger charge is 2.10. The van der Waals surface area contributed by atoms with E-state index < -0.39 is 6.43 Å². The number of hydrogen-bond acceptors (Lipinski definition) is 1. The van der Waals surface area contributed by atoms with Crippen LogP contribution in [-0.4, -0.2) is 6.41 Å². The summed E-state index contributed by atoms with van der Waals surface area (Å²) in [6.07, 6.45) is -2.19. The van der Waals surface area contributed by atoms with Crippen molar-refractivity contribution in [1.29, 1.82) is 0 Å². The van der Waals surface area contributed by atoms with E-state index >= 15 is 0 Å². The summed E-state index contributed by atoms with van der Waals surface area (Å²) in [7, 11) is 0. The molecular weight excluding hydrogens is 164 g/mol. The Hall–Kier alpha value is -1.45. The standard InChI is InChI=1S/C8H7F2NO/c9-8(10)6-3-1-2-4-7(6)11-5-12/h1-5,8H,(H,11,12). The van der Waals surface area contributed by atoms with E-state index in [9.17, 15) is 13.6 Å². The summed E-state index contributed by atoms with van der Waals surface area (Å²) >= 11 is 0. The van der Waals surface area contributed by atoms with E-state index in [0.717, 1.165) is 0 Å². The van der Waals surface area contributed by atoms with Gasteiger partial charge < -0.3 is 5.32 Å². The van der Waals surface area contributed by atoms with Gasteiger partial charge in [0.1, 0.15) is 0 Å². The van der Waals surface area contributed by atoms with Gasteiger partial charge in [-0.15, -0.1) is 0 Å². The number of halogens is 2. The Kier molecular flexibility index (Phi) is 2.74. The maximum absolute atomic E-state index is 12.2. The lowest BCUT2D eigenvalue weighted by Gasteiger charge is -2.05. The van der Waals surface area contributed by atoms with Crippen molar-refractivity contribution >= 4 is 12.1 Å².